The van der Waals surface area contributed by atoms with E-state index in [9.17, 15) is 46.8 Å². The lowest BCUT2D eigenvalue weighted by Crippen LogP contribution is -2.54. The van der Waals surface area contributed by atoms with E-state index in [0.717, 1.165) is 34.4 Å². The summed E-state index contributed by atoms with van der Waals surface area (Å²) in [5.41, 5.74) is -2.88. The van der Waals surface area contributed by atoms with Gasteiger partial charge in [-0.15, -0.1) is 0 Å². The Labute approximate surface area is 232 Å². The van der Waals surface area contributed by atoms with E-state index in [0.29, 0.717) is 35.8 Å². The van der Waals surface area contributed by atoms with E-state index in [-0.39, 0.29) is 11.1 Å². The van der Waals surface area contributed by atoms with Gasteiger partial charge in [0.05, 0.1) is 0 Å². The highest BCUT2D eigenvalue weighted by Crippen LogP contribution is 2.56. The summed E-state index contributed by atoms with van der Waals surface area (Å²) in [4.78, 5) is 0. The SMILES string of the molecule is Cc1cc(-c2ccc(O)c(C)c2)ccc1O.Cc1cc(C(c2ccc(O)c(C)c2)(C(F)(F)F)C(F)(F)F)ccc1O. The zero-order valence-electron chi connectivity index (χ0n) is 22.5. The Hall–Kier alpha value is -4.34. The maximum Gasteiger partial charge on any atom is 0.411 e. The summed E-state index contributed by atoms with van der Waals surface area (Å²) >= 11 is 0. The van der Waals surface area contributed by atoms with Gasteiger partial charge in [0, 0.05) is 0 Å². The summed E-state index contributed by atoms with van der Waals surface area (Å²) in [7, 11) is 0. The van der Waals surface area contributed by atoms with Gasteiger partial charge in [-0.25, -0.2) is 0 Å². The van der Waals surface area contributed by atoms with Crippen LogP contribution in [0, 0.1) is 27.7 Å². The number of phenols is 4. The molecule has 4 nitrogen and oxygen atoms in total. The molecule has 41 heavy (non-hydrogen) atoms. The van der Waals surface area contributed by atoms with Gasteiger partial charge in [0.1, 0.15) is 23.0 Å². The second kappa shape index (κ2) is 11.3. The lowest BCUT2D eigenvalue weighted by atomic mass is 9.72. The number of rotatable bonds is 3. The van der Waals surface area contributed by atoms with Crippen molar-refractivity contribution in [3.05, 3.63) is 106 Å². The second-order valence-electron chi connectivity index (χ2n) is 9.75. The first kappa shape index (κ1) is 31.2. The molecule has 0 aliphatic carbocycles. The van der Waals surface area contributed by atoms with Crippen molar-refractivity contribution >= 4 is 0 Å². The molecule has 4 rings (SSSR count). The summed E-state index contributed by atoms with van der Waals surface area (Å²) in [6.45, 7) is 6.15. The molecular formula is C31H28F6O4. The largest absolute Gasteiger partial charge is 0.508 e. The number of halogens is 6. The molecule has 0 saturated heterocycles. The van der Waals surface area contributed by atoms with Gasteiger partial charge in [-0.2, -0.15) is 26.3 Å². The van der Waals surface area contributed by atoms with Gasteiger partial charge in [0.25, 0.3) is 0 Å². The third-order valence-corrected chi connectivity index (χ3v) is 6.84. The predicted octanol–water partition coefficient (Wildman–Crippen LogP) is 8.51. The smallest absolute Gasteiger partial charge is 0.411 e. The van der Waals surface area contributed by atoms with Crippen molar-refractivity contribution in [1.29, 1.82) is 0 Å². The van der Waals surface area contributed by atoms with Gasteiger partial charge in [-0.05, 0) is 109 Å². The Morgan fingerprint density at radius 2 is 0.683 bits per heavy atom. The molecule has 0 aliphatic rings. The van der Waals surface area contributed by atoms with Crippen LogP contribution in [0.25, 0.3) is 11.1 Å². The van der Waals surface area contributed by atoms with Crippen LogP contribution in [0.2, 0.25) is 0 Å². The molecule has 4 aromatic carbocycles. The minimum atomic E-state index is -5.71. The highest BCUT2D eigenvalue weighted by atomic mass is 19.4. The summed E-state index contributed by atoms with van der Waals surface area (Å²) in [5, 5.41) is 37.8. The summed E-state index contributed by atoms with van der Waals surface area (Å²) < 4.78 is 83.2. The maximum atomic E-state index is 13.9. The fraction of sp³-hybridized carbons (Fsp3) is 0.226. The van der Waals surface area contributed by atoms with Gasteiger partial charge < -0.3 is 20.4 Å². The lowest BCUT2D eigenvalue weighted by Gasteiger charge is -2.38. The predicted molar refractivity (Wildman–Crippen MR) is 143 cm³/mol. The topological polar surface area (TPSA) is 80.9 Å². The molecule has 10 heteroatoms. The van der Waals surface area contributed by atoms with Crippen molar-refractivity contribution in [2.45, 2.75) is 45.5 Å². The van der Waals surface area contributed by atoms with Crippen molar-refractivity contribution in [3.8, 4) is 34.1 Å². The summed E-state index contributed by atoms with van der Waals surface area (Å²) in [6, 6.07) is 15.1. The Morgan fingerprint density at radius 3 is 0.927 bits per heavy atom. The molecule has 0 spiro atoms. The molecule has 0 aliphatic heterocycles. The zero-order valence-corrected chi connectivity index (χ0v) is 22.5. The number of aryl methyl sites for hydroxylation is 4. The number of hydrogen-bond donors (Lipinski definition) is 4. The van der Waals surface area contributed by atoms with Crippen LogP contribution in [0.1, 0.15) is 33.4 Å². The molecule has 0 aromatic heterocycles. The number of alkyl halides is 6. The third kappa shape index (κ3) is 6.06. The quantitative estimate of drug-likeness (QED) is 0.184. The highest BCUT2D eigenvalue weighted by molar-refractivity contribution is 5.67. The van der Waals surface area contributed by atoms with Gasteiger partial charge >= 0.3 is 12.4 Å². The van der Waals surface area contributed by atoms with E-state index in [1.807, 2.05) is 38.1 Å². The van der Waals surface area contributed by atoms with Crippen LogP contribution >= 0.6 is 0 Å². The van der Waals surface area contributed by atoms with Crippen molar-refractivity contribution in [2.24, 2.45) is 0 Å². The molecule has 0 saturated carbocycles. The van der Waals surface area contributed by atoms with Gasteiger partial charge in [0.15, 0.2) is 0 Å². The van der Waals surface area contributed by atoms with Gasteiger partial charge in [-0.3, -0.25) is 0 Å². The van der Waals surface area contributed by atoms with E-state index in [2.05, 4.69) is 0 Å². The average molecular weight is 579 g/mol. The second-order valence-corrected chi connectivity index (χ2v) is 9.75. The molecule has 0 atom stereocenters. The molecule has 0 unspecified atom stereocenters. The Morgan fingerprint density at radius 1 is 0.415 bits per heavy atom. The molecule has 0 bridgehead atoms. The summed E-state index contributed by atoms with van der Waals surface area (Å²) in [6.07, 6.45) is -11.4. The minimum Gasteiger partial charge on any atom is -0.508 e. The van der Waals surface area contributed by atoms with Gasteiger partial charge in [-0.1, -0.05) is 36.4 Å². The van der Waals surface area contributed by atoms with Crippen LogP contribution in [0.15, 0.2) is 72.8 Å². The first-order chi connectivity index (χ1) is 18.9. The molecular weight excluding hydrogens is 550 g/mol. The van der Waals surface area contributed by atoms with Crippen molar-refractivity contribution < 1.29 is 46.8 Å². The maximum absolute atomic E-state index is 13.9. The normalized spacial score (nSPS) is 12.0. The molecule has 0 radical (unpaired) electrons. The zero-order chi connectivity index (χ0) is 30.9. The van der Waals surface area contributed by atoms with Crippen LogP contribution in [0.3, 0.4) is 0 Å². The fourth-order valence-corrected chi connectivity index (χ4v) is 4.43. The van der Waals surface area contributed by atoms with E-state index >= 15 is 0 Å². The van der Waals surface area contributed by atoms with E-state index in [1.165, 1.54) is 13.8 Å². The van der Waals surface area contributed by atoms with E-state index < -0.39 is 40.4 Å². The molecule has 4 N–H and O–H groups in total. The van der Waals surface area contributed by atoms with E-state index in [1.54, 1.807) is 12.1 Å². The standard InChI is InChI=1S/C17H14F6O2.C14H14O2/c1-9-7-11(3-5-13(9)24)15(16(18,19)20,17(21,22)23)12-4-6-14(25)10(2)8-12;1-9-7-11(3-5-13(9)15)12-4-6-14(16)10(2)8-12/h3-8,24-25H,1-2H3;3-8,15-16H,1-2H3. The number of hydrogen-bond acceptors (Lipinski definition) is 4. The summed E-state index contributed by atoms with van der Waals surface area (Å²) in [5.74, 6) is -0.216. The minimum absolute atomic E-state index is 0.120. The Balaban J connectivity index is 0.000000248. The molecule has 0 fully saturated rings. The van der Waals surface area contributed by atoms with Crippen molar-refractivity contribution in [3.63, 3.8) is 0 Å². The van der Waals surface area contributed by atoms with Crippen LogP contribution in [-0.2, 0) is 5.41 Å². The molecule has 218 valence electrons. The first-order valence-electron chi connectivity index (χ1n) is 12.2. The van der Waals surface area contributed by atoms with Crippen molar-refractivity contribution in [2.75, 3.05) is 0 Å². The Bertz CT molecular complexity index is 1440. The average Bonchev–Trinajstić information content (AvgIpc) is 2.86. The number of phenolic OH excluding ortho intramolecular Hbond substituents is 4. The number of aromatic hydroxyl groups is 4. The fourth-order valence-electron chi connectivity index (χ4n) is 4.43. The number of benzene rings is 4. The van der Waals surface area contributed by atoms with Crippen LogP contribution in [0.5, 0.6) is 23.0 Å². The van der Waals surface area contributed by atoms with Crippen LogP contribution in [0.4, 0.5) is 26.3 Å². The van der Waals surface area contributed by atoms with Crippen molar-refractivity contribution in [1.82, 2.24) is 0 Å². The van der Waals surface area contributed by atoms with Gasteiger partial charge in [0.2, 0.25) is 5.41 Å². The molecule has 0 amide bonds. The third-order valence-electron chi connectivity index (χ3n) is 6.84. The Kier molecular flexibility index (Phi) is 8.57. The van der Waals surface area contributed by atoms with E-state index in [4.69, 9.17) is 0 Å². The molecule has 0 heterocycles. The molecule has 4 aromatic rings. The lowest BCUT2D eigenvalue weighted by molar-refractivity contribution is -0.288. The monoisotopic (exact) mass is 578 g/mol. The highest BCUT2D eigenvalue weighted by Gasteiger charge is 2.72. The van der Waals surface area contributed by atoms with Crippen LogP contribution < -0.4 is 0 Å². The van der Waals surface area contributed by atoms with Crippen LogP contribution in [-0.4, -0.2) is 32.8 Å². The first-order valence-corrected chi connectivity index (χ1v) is 12.2.